The van der Waals surface area contributed by atoms with E-state index in [4.69, 9.17) is 23.3 Å². The first kappa shape index (κ1) is 22.4. The summed E-state index contributed by atoms with van der Waals surface area (Å²) < 4.78 is 58.1. The molecule has 0 fully saturated rings. The van der Waals surface area contributed by atoms with E-state index < -0.39 is 10.4 Å². The normalized spacial score (nSPS) is 10.4. The summed E-state index contributed by atoms with van der Waals surface area (Å²) in [5, 5.41) is 0.810. The van der Waals surface area contributed by atoms with Gasteiger partial charge in [0.05, 0.1) is 5.52 Å². The fourth-order valence-corrected chi connectivity index (χ4v) is 2.72. The van der Waals surface area contributed by atoms with Gasteiger partial charge in [0, 0.05) is 26.2 Å². The van der Waals surface area contributed by atoms with Gasteiger partial charge in [-0.1, -0.05) is 22.0 Å². The fraction of sp³-hybridized carbons (Fsp3) is 0. The van der Waals surface area contributed by atoms with E-state index in [1.54, 1.807) is 18.3 Å². The van der Waals surface area contributed by atoms with Gasteiger partial charge in [-0.15, -0.1) is 0 Å². The molecule has 6 nitrogen and oxygen atoms in total. The number of aromatic nitrogens is 1. The molecule has 11 heteroatoms. The second-order valence-corrected chi connectivity index (χ2v) is 7.28. The van der Waals surface area contributed by atoms with Gasteiger partial charge < -0.3 is 5.73 Å². The van der Waals surface area contributed by atoms with Crippen LogP contribution in [0.4, 0.5) is 14.5 Å². The van der Waals surface area contributed by atoms with E-state index in [9.17, 15) is 8.78 Å². The number of nitrogen functional groups attached to an aromatic ring is 1. The Morgan fingerprint density at radius 1 is 1.00 bits per heavy atom. The molecule has 3 rings (SSSR count). The van der Waals surface area contributed by atoms with Gasteiger partial charge in [-0.3, -0.25) is 14.1 Å². The van der Waals surface area contributed by atoms with E-state index in [0.717, 1.165) is 10.9 Å². The molecule has 4 N–H and O–H groups in total. The summed E-state index contributed by atoms with van der Waals surface area (Å²) in [4.78, 5) is 4.11. The van der Waals surface area contributed by atoms with Crippen LogP contribution in [0, 0.1) is 11.6 Å². The lowest BCUT2D eigenvalue weighted by Gasteiger charge is -1.98. The average molecular weight is 514 g/mol. The van der Waals surface area contributed by atoms with Crippen molar-refractivity contribution in [2.75, 3.05) is 5.73 Å². The number of rotatable bonds is 0. The molecule has 1 heterocycles. The fourth-order valence-electron chi connectivity index (χ4n) is 1.69. The van der Waals surface area contributed by atoms with Gasteiger partial charge in [0.15, 0.2) is 0 Å². The number of pyridine rings is 1. The predicted molar refractivity (Wildman–Crippen MR) is 102 cm³/mol. The molecule has 0 bridgehead atoms. The molecule has 140 valence electrons. The Hall–Kier alpha value is -1.66. The molecule has 0 aliphatic carbocycles. The molecule has 26 heavy (non-hydrogen) atoms. The Morgan fingerprint density at radius 3 is 2.12 bits per heavy atom. The summed E-state index contributed by atoms with van der Waals surface area (Å²) in [6.45, 7) is 0. The molecule has 0 atom stereocenters. The molecule has 3 aromatic rings. The summed E-state index contributed by atoms with van der Waals surface area (Å²) in [7, 11) is -4.67. The number of benzene rings is 2. The van der Waals surface area contributed by atoms with Crippen LogP contribution in [0.25, 0.3) is 10.9 Å². The summed E-state index contributed by atoms with van der Waals surface area (Å²) in [6, 6.07) is 10.8. The van der Waals surface area contributed by atoms with Gasteiger partial charge in [0.2, 0.25) is 0 Å². The topological polar surface area (TPSA) is 114 Å². The highest BCUT2D eigenvalue weighted by molar-refractivity contribution is 9.11. The summed E-state index contributed by atoms with van der Waals surface area (Å²) >= 11 is 6.34. The quantitative estimate of drug-likeness (QED) is 0.298. The van der Waals surface area contributed by atoms with Gasteiger partial charge in [-0.05, 0) is 52.3 Å². The third-order valence-electron chi connectivity index (χ3n) is 2.51. The molecule has 0 aliphatic heterocycles. The van der Waals surface area contributed by atoms with Gasteiger partial charge in [-0.2, -0.15) is 8.42 Å². The predicted octanol–water partition coefficient (Wildman–Crippen LogP) is 4.65. The standard InChI is InChI=1S/C9H5BrFN.C6H5BrFN.H2O4S/c10-8-5-7(11)4-6-2-1-3-12-9(6)8;7-4-1-5(8)3-6(9)2-4;1-5(2,3)4/h1-5H;1-3H,9H2;(H2,1,2,3,4). The van der Waals surface area contributed by atoms with Crippen LogP contribution in [0.15, 0.2) is 57.6 Å². The van der Waals surface area contributed by atoms with Crippen LogP contribution in [-0.2, 0) is 10.4 Å². The maximum absolute atomic E-state index is 12.8. The third kappa shape index (κ3) is 9.15. The molecule has 0 unspecified atom stereocenters. The Morgan fingerprint density at radius 2 is 1.58 bits per heavy atom. The number of nitrogens with two attached hydrogens (primary N) is 1. The molecule has 0 radical (unpaired) electrons. The summed E-state index contributed by atoms with van der Waals surface area (Å²) in [5.41, 5.74) is 6.51. The van der Waals surface area contributed by atoms with Gasteiger partial charge in [-0.25, -0.2) is 8.78 Å². The molecule has 2 aromatic carbocycles. The van der Waals surface area contributed by atoms with Crippen LogP contribution in [0.2, 0.25) is 0 Å². The van der Waals surface area contributed by atoms with Crippen LogP contribution in [0.1, 0.15) is 0 Å². The lowest BCUT2D eigenvalue weighted by molar-refractivity contribution is 0.381. The Balaban J connectivity index is 0.000000214. The first-order chi connectivity index (χ1) is 12.0. The van der Waals surface area contributed by atoms with Crippen LogP contribution in [0.3, 0.4) is 0 Å². The average Bonchev–Trinajstić information content (AvgIpc) is 2.44. The largest absolute Gasteiger partial charge is 0.399 e. The Kier molecular flexibility index (Phi) is 8.50. The minimum Gasteiger partial charge on any atom is -0.399 e. The minimum absolute atomic E-state index is 0.248. The molecule has 0 spiro atoms. The molecule has 0 aliphatic rings. The van der Waals surface area contributed by atoms with Crippen LogP contribution >= 0.6 is 31.9 Å². The second kappa shape index (κ2) is 9.88. The van der Waals surface area contributed by atoms with Crippen molar-refractivity contribution in [3.63, 3.8) is 0 Å². The van der Waals surface area contributed by atoms with Crippen molar-refractivity contribution < 1.29 is 26.3 Å². The summed E-state index contributed by atoms with van der Waals surface area (Å²) in [5.74, 6) is -0.566. The van der Waals surface area contributed by atoms with E-state index in [-0.39, 0.29) is 11.6 Å². The molecule has 0 saturated carbocycles. The number of fused-ring (bicyclic) bond motifs is 1. The van der Waals surface area contributed by atoms with E-state index in [1.165, 1.54) is 24.3 Å². The Bertz CT molecular complexity index is 946. The maximum atomic E-state index is 12.8. The van der Waals surface area contributed by atoms with Gasteiger partial charge >= 0.3 is 10.4 Å². The minimum atomic E-state index is -4.67. The number of anilines is 1. The first-order valence-corrected chi connectivity index (χ1v) is 9.55. The maximum Gasteiger partial charge on any atom is 0.394 e. The number of hydrogen-bond donors (Lipinski definition) is 3. The lowest BCUT2D eigenvalue weighted by atomic mass is 10.2. The van der Waals surface area contributed by atoms with Crippen molar-refractivity contribution in [1.82, 2.24) is 4.98 Å². The zero-order valence-electron chi connectivity index (χ0n) is 12.8. The molecule has 1 aromatic heterocycles. The molecular formula is C15H12Br2F2N2O4S. The highest BCUT2D eigenvalue weighted by Gasteiger charge is 2.01. The number of halogens is 4. The van der Waals surface area contributed by atoms with Crippen molar-refractivity contribution in [2.45, 2.75) is 0 Å². The van der Waals surface area contributed by atoms with E-state index in [1.807, 2.05) is 6.07 Å². The second-order valence-electron chi connectivity index (χ2n) is 4.61. The van der Waals surface area contributed by atoms with Gasteiger partial charge in [0.25, 0.3) is 0 Å². The first-order valence-electron chi connectivity index (χ1n) is 6.57. The van der Waals surface area contributed by atoms with Crippen LogP contribution in [0.5, 0.6) is 0 Å². The van der Waals surface area contributed by atoms with Crippen molar-refractivity contribution in [3.8, 4) is 0 Å². The van der Waals surface area contributed by atoms with E-state index in [0.29, 0.717) is 14.6 Å². The molecular weight excluding hydrogens is 502 g/mol. The van der Waals surface area contributed by atoms with Crippen molar-refractivity contribution in [3.05, 3.63) is 69.2 Å². The zero-order chi connectivity index (χ0) is 19.9. The van der Waals surface area contributed by atoms with E-state index in [2.05, 4.69) is 36.8 Å². The van der Waals surface area contributed by atoms with Crippen molar-refractivity contribution in [1.29, 1.82) is 0 Å². The third-order valence-corrected chi connectivity index (χ3v) is 3.57. The highest BCUT2D eigenvalue weighted by atomic mass is 79.9. The zero-order valence-corrected chi connectivity index (χ0v) is 16.8. The lowest BCUT2D eigenvalue weighted by Crippen LogP contribution is -1.89. The monoisotopic (exact) mass is 512 g/mol. The summed E-state index contributed by atoms with van der Waals surface area (Å²) in [6.07, 6.45) is 1.69. The number of nitrogens with zero attached hydrogens (tertiary/aromatic N) is 1. The number of hydrogen-bond acceptors (Lipinski definition) is 4. The SMILES string of the molecule is Fc1cc(Br)c2ncccc2c1.Nc1cc(F)cc(Br)c1.O=S(=O)(O)O. The Labute approximate surface area is 164 Å². The molecule has 0 amide bonds. The highest BCUT2D eigenvalue weighted by Crippen LogP contribution is 2.22. The van der Waals surface area contributed by atoms with Gasteiger partial charge in [0.1, 0.15) is 11.6 Å². The van der Waals surface area contributed by atoms with Crippen LogP contribution < -0.4 is 5.73 Å². The van der Waals surface area contributed by atoms with Crippen molar-refractivity contribution in [2.24, 2.45) is 0 Å². The smallest absolute Gasteiger partial charge is 0.394 e. The van der Waals surface area contributed by atoms with E-state index >= 15 is 0 Å². The molecule has 0 saturated heterocycles. The van der Waals surface area contributed by atoms with Crippen molar-refractivity contribution >= 4 is 58.8 Å². The van der Waals surface area contributed by atoms with Crippen LogP contribution in [-0.4, -0.2) is 22.5 Å².